The molecule has 1 aromatic heterocycles. The Balaban J connectivity index is 1.90. The van der Waals surface area contributed by atoms with Crippen molar-refractivity contribution in [3.05, 3.63) is 39.3 Å². The van der Waals surface area contributed by atoms with Crippen molar-refractivity contribution in [1.82, 2.24) is 14.9 Å². The summed E-state index contributed by atoms with van der Waals surface area (Å²) in [5.41, 5.74) is 0.751. The molecule has 0 radical (unpaired) electrons. The second kappa shape index (κ2) is 6.05. The van der Waals surface area contributed by atoms with E-state index in [0.717, 1.165) is 6.26 Å². The molecule has 2 aromatic rings. The molecule has 25 heavy (non-hydrogen) atoms. The van der Waals surface area contributed by atoms with Gasteiger partial charge in [0.1, 0.15) is 0 Å². The minimum absolute atomic E-state index is 0.225. The first-order valence-electron chi connectivity index (χ1n) is 7.44. The molecule has 0 aliphatic carbocycles. The highest BCUT2D eigenvalue weighted by Gasteiger charge is 2.24. The second-order valence-electron chi connectivity index (χ2n) is 5.97. The van der Waals surface area contributed by atoms with Crippen LogP contribution in [0.25, 0.3) is 0 Å². The maximum Gasteiger partial charge on any atom is 0.255 e. The second-order valence-corrected chi connectivity index (χ2v) is 7.90. The summed E-state index contributed by atoms with van der Waals surface area (Å²) in [5.74, 6) is -1.43. The monoisotopic (exact) mass is 367 g/mol. The van der Waals surface area contributed by atoms with Crippen LogP contribution in [0.2, 0.25) is 0 Å². The number of fused-ring (bicyclic) bond motifs is 1. The highest BCUT2D eigenvalue weighted by molar-refractivity contribution is 7.90. The van der Waals surface area contributed by atoms with Crippen molar-refractivity contribution in [2.45, 2.75) is 24.7 Å². The van der Waals surface area contributed by atoms with Crippen LogP contribution in [0.3, 0.4) is 0 Å². The van der Waals surface area contributed by atoms with Crippen molar-refractivity contribution >= 4 is 9.84 Å². The van der Waals surface area contributed by atoms with Crippen LogP contribution in [0.5, 0.6) is 17.2 Å². The molecule has 9 nitrogen and oxygen atoms in total. The number of rotatable bonds is 3. The Kier molecular flexibility index (Phi) is 4.17. The van der Waals surface area contributed by atoms with E-state index in [1.165, 1.54) is 12.1 Å². The first kappa shape index (κ1) is 17.2. The summed E-state index contributed by atoms with van der Waals surface area (Å²) >= 11 is 0. The third kappa shape index (κ3) is 3.30. The topological polar surface area (TPSA) is 144 Å². The van der Waals surface area contributed by atoms with Gasteiger partial charge in [0.25, 0.3) is 5.56 Å². The molecule has 0 saturated heterocycles. The van der Waals surface area contributed by atoms with Crippen LogP contribution in [0.15, 0.2) is 22.1 Å². The molecule has 0 unspecified atom stereocenters. The first-order chi connectivity index (χ1) is 11.7. The quantitative estimate of drug-likeness (QED) is 0.433. The van der Waals surface area contributed by atoms with Crippen LogP contribution in [-0.4, -0.2) is 51.4 Å². The molecule has 10 heteroatoms. The van der Waals surface area contributed by atoms with Crippen molar-refractivity contribution in [3.63, 3.8) is 0 Å². The molecule has 0 amide bonds. The summed E-state index contributed by atoms with van der Waals surface area (Å²) < 4.78 is 23.3. The number of aromatic hydroxyl groups is 3. The van der Waals surface area contributed by atoms with E-state index < -0.39 is 32.6 Å². The minimum atomic E-state index is -3.64. The largest absolute Gasteiger partial charge is 0.504 e. The predicted octanol–water partition coefficient (Wildman–Crippen LogP) is -0.152. The number of sulfone groups is 1. The normalized spacial score (nSPS) is 15.1. The number of hydrogen-bond donors (Lipinski definition) is 4. The number of nitrogens with one attached hydrogen (secondary N) is 1. The molecule has 0 saturated carbocycles. The Morgan fingerprint density at radius 3 is 2.64 bits per heavy atom. The summed E-state index contributed by atoms with van der Waals surface area (Å²) in [6.07, 6.45) is 1.35. The number of H-pyrrole nitrogens is 1. The lowest BCUT2D eigenvalue weighted by Crippen LogP contribution is -2.35. The van der Waals surface area contributed by atoms with Crippen molar-refractivity contribution in [1.29, 1.82) is 0 Å². The molecule has 1 aromatic carbocycles. The predicted molar refractivity (Wildman–Crippen MR) is 87.2 cm³/mol. The number of aromatic amines is 1. The van der Waals surface area contributed by atoms with Crippen LogP contribution in [-0.2, 0) is 29.3 Å². The molecule has 2 heterocycles. The van der Waals surface area contributed by atoms with Gasteiger partial charge in [0.15, 0.2) is 11.5 Å². The molecule has 0 atom stereocenters. The number of hydrogen-bond acceptors (Lipinski definition) is 8. The van der Waals surface area contributed by atoms with E-state index in [2.05, 4.69) is 9.97 Å². The van der Waals surface area contributed by atoms with E-state index in [-0.39, 0.29) is 18.2 Å². The van der Waals surface area contributed by atoms with Gasteiger partial charge < -0.3 is 15.3 Å². The van der Waals surface area contributed by atoms with E-state index >= 15 is 0 Å². The van der Waals surface area contributed by atoms with Gasteiger partial charge in [-0.2, -0.15) is 0 Å². The summed E-state index contributed by atoms with van der Waals surface area (Å²) in [6, 6.07) is 2.75. The van der Waals surface area contributed by atoms with Crippen LogP contribution in [0.1, 0.15) is 16.8 Å². The van der Waals surface area contributed by atoms with Crippen molar-refractivity contribution < 1.29 is 23.7 Å². The molecule has 3 rings (SSSR count). The van der Waals surface area contributed by atoms with Crippen molar-refractivity contribution in [2.24, 2.45) is 0 Å². The molecule has 0 spiro atoms. The van der Waals surface area contributed by atoms with Gasteiger partial charge in [-0.3, -0.25) is 14.7 Å². The molecular weight excluding hydrogens is 350 g/mol. The van der Waals surface area contributed by atoms with Crippen molar-refractivity contribution in [2.75, 3.05) is 12.8 Å². The van der Waals surface area contributed by atoms with Crippen LogP contribution < -0.4 is 5.56 Å². The summed E-state index contributed by atoms with van der Waals surface area (Å²) in [4.78, 5) is 20.2. The van der Waals surface area contributed by atoms with Gasteiger partial charge in [-0.25, -0.2) is 13.4 Å². The molecular formula is C15H17N3O6S. The fraction of sp³-hybridized carbons (Fsp3) is 0.333. The molecule has 1 aliphatic rings. The van der Waals surface area contributed by atoms with E-state index in [1.54, 1.807) is 0 Å². The third-order valence-electron chi connectivity index (χ3n) is 4.09. The highest BCUT2D eigenvalue weighted by Crippen LogP contribution is 2.37. The van der Waals surface area contributed by atoms with Gasteiger partial charge >= 0.3 is 0 Å². The van der Waals surface area contributed by atoms with Gasteiger partial charge in [-0.1, -0.05) is 6.07 Å². The molecule has 0 bridgehead atoms. The summed E-state index contributed by atoms with van der Waals surface area (Å²) in [7, 11) is -3.64. The zero-order valence-electron chi connectivity index (χ0n) is 13.4. The van der Waals surface area contributed by atoms with Crippen molar-refractivity contribution in [3.8, 4) is 17.2 Å². The minimum Gasteiger partial charge on any atom is -0.504 e. The number of phenols is 3. The van der Waals surface area contributed by atoms with Gasteiger partial charge in [-0.15, -0.1) is 0 Å². The standard InChI is InChI=1S/C15H17N3O6S/c1-25(23,24)15-16-10-7-18(5-4-9(10)14(22)17-15)6-8-2-3-11(19)13(21)12(8)20/h2-3,19-21H,4-7H2,1H3,(H,16,17,22). The fourth-order valence-corrected chi connectivity index (χ4v) is 3.31. The Labute approximate surface area is 143 Å². The summed E-state index contributed by atoms with van der Waals surface area (Å²) in [6.45, 7) is 0.960. The smallest absolute Gasteiger partial charge is 0.255 e. The lowest BCUT2D eigenvalue weighted by atomic mass is 10.1. The SMILES string of the molecule is CS(=O)(=O)c1nc2c(c(=O)[nH]1)CCN(Cc1ccc(O)c(O)c1O)C2. The Morgan fingerprint density at radius 1 is 1.24 bits per heavy atom. The molecule has 1 aliphatic heterocycles. The van der Waals surface area contributed by atoms with Crippen LogP contribution in [0, 0.1) is 0 Å². The first-order valence-corrected chi connectivity index (χ1v) is 9.33. The summed E-state index contributed by atoms with van der Waals surface area (Å²) in [5, 5.41) is 28.5. The number of nitrogens with zero attached hydrogens (tertiary/aromatic N) is 2. The molecule has 0 fully saturated rings. The Bertz CT molecular complexity index is 999. The lowest BCUT2D eigenvalue weighted by molar-refractivity contribution is 0.235. The van der Waals surface area contributed by atoms with Gasteiger partial charge in [0.2, 0.25) is 20.7 Å². The number of phenolic OH excluding ortho intramolecular Hbond substituents is 3. The maximum atomic E-state index is 12.1. The average Bonchev–Trinajstić information content (AvgIpc) is 2.54. The zero-order valence-corrected chi connectivity index (χ0v) is 14.2. The van der Waals surface area contributed by atoms with E-state index in [9.17, 15) is 28.5 Å². The molecule has 4 N–H and O–H groups in total. The number of benzene rings is 1. The highest BCUT2D eigenvalue weighted by atomic mass is 32.2. The van der Waals surface area contributed by atoms with E-state index in [4.69, 9.17) is 0 Å². The Hall–Kier alpha value is -2.59. The Morgan fingerprint density at radius 2 is 1.96 bits per heavy atom. The van der Waals surface area contributed by atoms with Gasteiger partial charge in [-0.05, 0) is 12.5 Å². The van der Waals surface area contributed by atoms with E-state index in [1.807, 2.05) is 4.90 Å². The van der Waals surface area contributed by atoms with Gasteiger partial charge in [0, 0.05) is 37.0 Å². The molecule has 134 valence electrons. The van der Waals surface area contributed by atoms with Crippen LogP contribution >= 0.6 is 0 Å². The third-order valence-corrected chi connectivity index (χ3v) is 4.99. The van der Waals surface area contributed by atoms with E-state index in [0.29, 0.717) is 29.8 Å². The number of aromatic nitrogens is 2. The van der Waals surface area contributed by atoms with Crippen LogP contribution in [0.4, 0.5) is 0 Å². The zero-order chi connectivity index (χ0) is 18.4. The fourth-order valence-electron chi connectivity index (χ4n) is 2.76. The maximum absolute atomic E-state index is 12.1. The average molecular weight is 367 g/mol. The van der Waals surface area contributed by atoms with Gasteiger partial charge in [0.05, 0.1) is 5.69 Å². The lowest BCUT2D eigenvalue weighted by Gasteiger charge is -2.27.